The van der Waals surface area contributed by atoms with Crippen LogP contribution in [0.4, 0.5) is 21.9 Å². The van der Waals surface area contributed by atoms with Crippen molar-refractivity contribution in [1.82, 2.24) is 0 Å². The minimum Gasteiger partial charge on any atom is -0.326 e. The number of urea groups is 1. The summed E-state index contributed by atoms with van der Waals surface area (Å²) in [5.74, 6) is -0.324. The van der Waals surface area contributed by atoms with Crippen molar-refractivity contribution >= 4 is 34.8 Å². The van der Waals surface area contributed by atoms with E-state index in [1.165, 1.54) is 5.56 Å². The van der Waals surface area contributed by atoms with Crippen LogP contribution in [-0.2, 0) is 11.2 Å². The number of ketones is 1. The number of hydrogen-bond acceptors (Lipinski definition) is 3. The topological polar surface area (TPSA) is 87.3 Å². The Morgan fingerprint density at radius 2 is 1.29 bits per heavy atom. The Labute approximate surface area is 181 Å². The number of aryl methyl sites for hydroxylation is 1. The first kappa shape index (κ1) is 21.8. The number of rotatable bonds is 8. The molecule has 3 N–H and O–H groups in total. The number of amides is 3. The van der Waals surface area contributed by atoms with E-state index in [1.54, 1.807) is 48.5 Å². The second-order valence-electron chi connectivity index (χ2n) is 7.05. The molecule has 0 radical (unpaired) electrons. The normalized spacial score (nSPS) is 10.2. The van der Waals surface area contributed by atoms with Crippen LogP contribution in [0, 0.1) is 0 Å². The Morgan fingerprint density at radius 3 is 1.97 bits per heavy atom. The van der Waals surface area contributed by atoms with E-state index < -0.39 is 0 Å². The maximum atomic E-state index is 12.3. The van der Waals surface area contributed by atoms with E-state index in [4.69, 9.17) is 0 Å². The average molecular weight is 415 g/mol. The van der Waals surface area contributed by atoms with Gasteiger partial charge in [0, 0.05) is 35.5 Å². The van der Waals surface area contributed by atoms with Crippen molar-refractivity contribution in [2.24, 2.45) is 0 Å². The maximum Gasteiger partial charge on any atom is 0.323 e. The summed E-state index contributed by atoms with van der Waals surface area (Å²) in [7, 11) is 0. The smallest absolute Gasteiger partial charge is 0.323 e. The van der Waals surface area contributed by atoms with Crippen LogP contribution in [0.1, 0.15) is 35.7 Å². The number of nitrogens with one attached hydrogen (secondary N) is 3. The molecule has 0 atom stereocenters. The molecule has 0 spiro atoms. The van der Waals surface area contributed by atoms with Gasteiger partial charge >= 0.3 is 6.03 Å². The molecular formula is C25H25N3O3. The maximum absolute atomic E-state index is 12.3. The van der Waals surface area contributed by atoms with Crippen molar-refractivity contribution in [3.63, 3.8) is 0 Å². The van der Waals surface area contributed by atoms with Crippen molar-refractivity contribution in [3.05, 3.63) is 90.0 Å². The van der Waals surface area contributed by atoms with E-state index in [2.05, 4.69) is 22.9 Å². The fourth-order valence-corrected chi connectivity index (χ4v) is 3.01. The number of benzene rings is 3. The first-order valence-electron chi connectivity index (χ1n) is 10.2. The quantitative estimate of drug-likeness (QED) is 0.425. The second kappa shape index (κ2) is 10.7. The predicted molar refractivity (Wildman–Crippen MR) is 124 cm³/mol. The molecule has 3 amide bonds. The monoisotopic (exact) mass is 415 g/mol. The Morgan fingerprint density at radius 1 is 0.677 bits per heavy atom. The molecular weight excluding hydrogens is 390 g/mol. The summed E-state index contributed by atoms with van der Waals surface area (Å²) in [6.07, 6.45) is 1.13. The Kier molecular flexibility index (Phi) is 7.54. The van der Waals surface area contributed by atoms with Crippen LogP contribution in [0.15, 0.2) is 78.9 Å². The zero-order chi connectivity index (χ0) is 22.1. The summed E-state index contributed by atoms with van der Waals surface area (Å²) in [6, 6.07) is 23.0. The van der Waals surface area contributed by atoms with E-state index >= 15 is 0 Å². The van der Waals surface area contributed by atoms with Gasteiger partial charge in [0.2, 0.25) is 5.91 Å². The summed E-state index contributed by atoms with van der Waals surface area (Å²) >= 11 is 0. The molecule has 0 fully saturated rings. The van der Waals surface area contributed by atoms with Gasteiger partial charge in [0.15, 0.2) is 5.78 Å². The summed E-state index contributed by atoms with van der Waals surface area (Å²) < 4.78 is 0. The van der Waals surface area contributed by atoms with Crippen molar-refractivity contribution in [2.45, 2.75) is 26.2 Å². The van der Waals surface area contributed by atoms with Crippen LogP contribution in [-0.4, -0.2) is 17.7 Å². The fraction of sp³-hybridized carbons (Fsp3) is 0.160. The molecule has 6 heteroatoms. The molecule has 0 saturated carbocycles. The second-order valence-corrected chi connectivity index (χ2v) is 7.05. The zero-order valence-corrected chi connectivity index (χ0v) is 17.4. The van der Waals surface area contributed by atoms with Gasteiger partial charge in [0.1, 0.15) is 0 Å². The molecule has 158 valence electrons. The number of para-hydroxylation sites is 1. The number of carbonyl (C=O) groups excluding carboxylic acids is 3. The molecule has 0 aliphatic rings. The van der Waals surface area contributed by atoms with Crippen LogP contribution in [0.3, 0.4) is 0 Å². The third-order valence-electron chi connectivity index (χ3n) is 4.70. The summed E-state index contributed by atoms with van der Waals surface area (Å²) in [4.78, 5) is 36.7. The van der Waals surface area contributed by atoms with E-state index in [9.17, 15) is 14.4 Å². The number of hydrogen-bond donors (Lipinski definition) is 3. The third-order valence-corrected chi connectivity index (χ3v) is 4.70. The third kappa shape index (κ3) is 6.82. The van der Waals surface area contributed by atoms with Crippen LogP contribution in [0.2, 0.25) is 0 Å². The van der Waals surface area contributed by atoms with Crippen molar-refractivity contribution < 1.29 is 14.4 Å². The first-order chi connectivity index (χ1) is 15.0. The minimum absolute atomic E-state index is 0.0641. The van der Waals surface area contributed by atoms with Gasteiger partial charge in [-0.05, 0) is 42.3 Å². The largest absolute Gasteiger partial charge is 0.326 e. The van der Waals surface area contributed by atoms with Crippen molar-refractivity contribution in [3.8, 4) is 0 Å². The highest BCUT2D eigenvalue weighted by Crippen LogP contribution is 2.17. The highest BCUT2D eigenvalue weighted by Gasteiger charge is 2.10. The predicted octanol–water partition coefficient (Wildman–Crippen LogP) is 5.49. The van der Waals surface area contributed by atoms with Gasteiger partial charge in [-0.25, -0.2) is 4.79 Å². The van der Waals surface area contributed by atoms with Gasteiger partial charge in [-0.15, -0.1) is 0 Å². The van der Waals surface area contributed by atoms with Crippen LogP contribution < -0.4 is 16.0 Å². The minimum atomic E-state index is -0.380. The molecule has 0 heterocycles. The van der Waals surface area contributed by atoms with E-state index in [0.717, 1.165) is 6.42 Å². The molecule has 6 nitrogen and oxygen atoms in total. The number of Topliss-reactive ketones (excluding diaryl/α,β-unsaturated/α-hetero) is 1. The molecule has 3 rings (SSSR count). The van der Waals surface area contributed by atoms with Gasteiger partial charge in [-0.1, -0.05) is 55.5 Å². The standard InChI is InChI=1S/C25H25N3O3/c1-2-18-11-13-19(14-12-18)23(29)15-16-24(30)26-21-9-6-10-22(17-21)28-25(31)27-20-7-4-3-5-8-20/h3-14,17H,2,15-16H2,1H3,(H,26,30)(H2,27,28,31). The highest BCUT2D eigenvalue weighted by atomic mass is 16.2. The number of anilines is 3. The average Bonchev–Trinajstić information content (AvgIpc) is 2.78. The molecule has 0 aromatic heterocycles. The van der Waals surface area contributed by atoms with Crippen LogP contribution in [0.5, 0.6) is 0 Å². The van der Waals surface area contributed by atoms with Gasteiger partial charge in [0.25, 0.3) is 0 Å². The Hall–Kier alpha value is -3.93. The highest BCUT2D eigenvalue weighted by molar-refractivity contribution is 6.01. The summed E-state index contributed by atoms with van der Waals surface area (Å²) in [5, 5.41) is 8.23. The summed E-state index contributed by atoms with van der Waals surface area (Å²) in [5.41, 5.74) is 3.54. The summed E-state index contributed by atoms with van der Waals surface area (Å²) in [6.45, 7) is 2.06. The lowest BCUT2D eigenvalue weighted by molar-refractivity contribution is -0.116. The Bertz CT molecular complexity index is 1050. The van der Waals surface area contributed by atoms with Gasteiger partial charge in [-0.3, -0.25) is 9.59 Å². The lowest BCUT2D eigenvalue weighted by atomic mass is 10.0. The Balaban J connectivity index is 1.49. The van der Waals surface area contributed by atoms with Crippen molar-refractivity contribution in [1.29, 1.82) is 0 Å². The molecule has 3 aromatic carbocycles. The van der Waals surface area contributed by atoms with E-state index in [1.807, 2.05) is 30.3 Å². The van der Waals surface area contributed by atoms with Crippen molar-refractivity contribution in [2.75, 3.05) is 16.0 Å². The fourth-order valence-electron chi connectivity index (χ4n) is 3.01. The van der Waals surface area contributed by atoms with Crippen LogP contribution >= 0.6 is 0 Å². The lowest BCUT2D eigenvalue weighted by Gasteiger charge is -2.10. The molecule has 0 aliphatic heterocycles. The molecule has 0 bridgehead atoms. The first-order valence-corrected chi connectivity index (χ1v) is 10.2. The van der Waals surface area contributed by atoms with E-state index in [0.29, 0.717) is 22.6 Å². The van der Waals surface area contributed by atoms with Crippen LogP contribution in [0.25, 0.3) is 0 Å². The lowest BCUT2D eigenvalue weighted by Crippen LogP contribution is -2.19. The number of carbonyl (C=O) groups is 3. The molecule has 0 saturated heterocycles. The van der Waals surface area contributed by atoms with E-state index in [-0.39, 0.29) is 30.6 Å². The molecule has 0 aliphatic carbocycles. The molecule has 3 aromatic rings. The molecule has 0 unspecified atom stereocenters. The zero-order valence-electron chi connectivity index (χ0n) is 17.4. The van der Waals surface area contributed by atoms with Gasteiger partial charge in [-0.2, -0.15) is 0 Å². The SMILES string of the molecule is CCc1ccc(C(=O)CCC(=O)Nc2cccc(NC(=O)Nc3ccccc3)c2)cc1. The molecule has 31 heavy (non-hydrogen) atoms. The van der Waals surface area contributed by atoms with Gasteiger partial charge < -0.3 is 16.0 Å². The van der Waals surface area contributed by atoms with Gasteiger partial charge in [0.05, 0.1) is 0 Å².